The summed E-state index contributed by atoms with van der Waals surface area (Å²) < 4.78 is 22.9. The van der Waals surface area contributed by atoms with E-state index in [4.69, 9.17) is 18.8 Å². The van der Waals surface area contributed by atoms with E-state index < -0.39 is 19.1 Å². The second kappa shape index (κ2) is 11.7. The Balaban J connectivity index is 1.36. The second-order valence-corrected chi connectivity index (χ2v) is 8.82. The van der Waals surface area contributed by atoms with E-state index in [-0.39, 0.29) is 19.2 Å². The number of aromatic nitrogens is 1. The Morgan fingerprint density at radius 2 is 1.83 bits per heavy atom. The standard InChI is InChI=1S/C27H29BN2O6/c1-19-10-13-22(7-4-5-8-24(19)34-25-9-6-16-29-20(25)2)33-23-14-11-21(12-15-23)28-35-26(31)17-30(3)18-27(32)36-28/h4-6,8-9,11-12,14-16,22H,1,7,10,13,17-18H2,2-3H3/b5-4-,24-8?/t22-/m0/s1. The van der Waals surface area contributed by atoms with Crippen LogP contribution in [-0.4, -0.2) is 55.2 Å². The molecule has 0 amide bonds. The lowest BCUT2D eigenvalue weighted by Gasteiger charge is -2.23. The van der Waals surface area contributed by atoms with E-state index in [1.54, 1.807) is 42.4 Å². The second-order valence-electron chi connectivity index (χ2n) is 8.82. The fourth-order valence-corrected chi connectivity index (χ4v) is 3.86. The van der Waals surface area contributed by atoms with Crippen LogP contribution >= 0.6 is 0 Å². The van der Waals surface area contributed by atoms with Gasteiger partial charge in [-0.2, -0.15) is 0 Å². The number of likely N-dealkylation sites (N-methyl/N-ethyl adjacent to an activating group) is 1. The van der Waals surface area contributed by atoms with Gasteiger partial charge in [-0.1, -0.05) is 30.9 Å². The molecule has 4 rings (SSSR count). The van der Waals surface area contributed by atoms with Crippen LogP contribution in [0.5, 0.6) is 11.5 Å². The molecule has 0 radical (unpaired) electrons. The summed E-state index contributed by atoms with van der Waals surface area (Å²) >= 11 is 0. The zero-order valence-corrected chi connectivity index (χ0v) is 20.5. The lowest BCUT2D eigenvalue weighted by Crippen LogP contribution is -2.47. The summed E-state index contributed by atoms with van der Waals surface area (Å²) in [5.41, 5.74) is 2.26. The highest BCUT2D eigenvalue weighted by Crippen LogP contribution is 2.26. The van der Waals surface area contributed by atoms with Crippen LogP contribution in [0.1, 0.15) is 25.0 Å². The van der Waals surface area contributed by atoms with Crippen molar-refractivity contribution in [3.63, 3.8) is 0 Å². The van der Waals surface area contributed by atoms with Gasteiger partial charge in [0.05, 0.1) is 18.8 Å². The molecule has 1 aliphatic heterocycles. The molecule has 1 saturated heterocycles. The summed E-state index contributed by atoms with van der Waals surface area (Å²) in [4.78, 5) is 29.8. The average Bonchev–Trinajstić information content (AvgIpc) is 2.91. The van der Waals surface area contributed by atoms with Gasteiger partial charge in [0.25, 0.3) is 0 Å². The summed E-state index contributed by atoms with van der Waals surface area (Å²) in [7, 11) is 0.583. The van der Waals surface area contributed by atoms with Crippen molar-refractivity contribution in [2.75, 3.05) is 20.1 Å². The quantitative estimate of drug-likeness (QED) is 0.594. The van der Waals surface area contributed by atoms with Crippen LogP contribution in [0.15, 0.2) is 78.7 Å². The van der Waals surface area contributed by atoms with Crippen molar-refractivity contribution in [2.45, 2.75) is 32.3 Å². The molecular formula is C27H29BN2O6. The van der Waals surface area contributed by atoms with Gasteiger partial charge in [0.2, 0.25) is 0 Å². The number of allylic oxidation sites excluding steroid dienone is 3. The van der Waals surface area contributed by atoms with Crippen molar-refractivity contribution in [1.29, 1.82) is 0 Å². The first kappa shape index (κ1) is 25.3. The third-order valence-corrected chi connectivity index (χ3v) is 5.81. The molecule has 9 heteroatoms. The minimum atomic E-state index is -1.07. The topological polar surface area (TPSA) is 87.2 Å². The first-order chi connectivity index (χ1) is 17.4. The Morgan fingerprint density at radius 3 is 2.53 bits per heavy atom. The Labute approximate surface area is 211 Å². The number of nitrogens with zero attached hydrogens (tertiary/aromatic N) is 2. The number of pyridine rings is 1. The number of aryl methyl sites for hydroxylation is 1. The highest BCUT2D eigenvalue weighted by molar-refractivity contribution is 6.64. The summed E-state index contributed by atoms with van der Waals surface area (Å²) in [5.74, 6) is 1.17. The van der Waals surface area contributed by atoms with Crippen LogP contribution < -0.4 is 14.9 Å². The molecule has 8 nitrogen and oxygen atoms in total. The van der Waals surface area contributed by atoms with E-state index in [0.717, 1.165) is 24.1 Å². The average molecular weight is 488 g/mol. The van der Waals surface area contributed by atoms with Gasteiger partial charge >= 0.3 is 19.1 Å². The van der Waals surface area contributed by atoms with Crippen molar-refractivity contribution in [1.82, 2.24) is 9.88 Å². The molecule has 1 fully saturated rings. The van der Waals surface area contributed by atoms with E-state index in [1.165, 1.54) is 0 Å². The van der Waals surface area contributed by atoms with Gasteiger partial charge in [-0.05, 0) is 62.7 Å². The van der Waals surface area contributed by atoms with Crippen molar-refractivity contribution in [3.05, 3.63) is 84.4 Å². The van der Waals surface area contributed by atoms with Gasteiger partial charge < -0.3 is 18.8 Å². The number of benzene rings is 1. The smallest absolute Gasteiger partial charge is 0.494 e. The van der Waals surface area contributed by atoms with Crippen LogP contribution in [0.25, 0.3) is 0 Å². The molecule has 0 bridgehead atoms. The van der Waals surface area contributed by atoms with Crippen molar-refractivity contribution in [2.24, 2.45) is 0 Å². The number of carbonyl (C=O) groups excluding carboxylic acids is 2. The number of ether oxygens (including phenoxy) is 2. The zero-order chi connectivity index (χ0) is 25.5. The van der Waals surface area contributed by atoms with E-state index in [9.17, 15) is 9.59 Å². The summed E-state index contributed by atoms with van der Waals surface area (Å²) in [6.07, 6.45) is 9.76. The van der Waals surface area contributed by atoms with Crippen molar-refractivity contribution < 1.29 is 28.4 Å². The summed E-state index contributed by atoms with van der Waals surface area (Å²) in [5, 5.41) is 0. The highest BCUT2D eigenvalue weighted by Gasteiger charge is 2.33. The van der Waals surface area contributed by atoms with Crippen molar-refractivity contribution in [3.8, 4) is 11.5 Å². The SMILES string of the molecule is C=C1CC[C@@H](Oc2ccc(B3OC(=O)CN(C)CC(=O)O3)cc2)C/C=C\C=C1Oc1cccnc1C. The number of carbonyl (C=O) groups is 2. The van der Waals surface area contributed by atoms with Gasteiger partial charge in [-0.25, -0.2) is 0 Å². The largest absolute Gasteiger partial charge is 0.636 e. The Hall–Kier alpha value is -3.85. The van der Waals surface area contributed by atoms with E-state index >= 15 is 0 Å². The molecule has 1 aliphatic carbocycles. The van der Waals surface area contributed by atoms with Crippen LogP contribution in [0, 0.1) is 6.92 Å². The number of rotatable bonds is 5. The molecule has 2 heterocycles. The molecule has 0 saturated carbocycles. The Bertz CT molecular complexity index is 1160. The molecule has 0 spiro atoms. The van der Waals surface area contributed by atoms with Gasteiger partial charge in [0.15, 0.2) is 0 Å². The van der Waals surface area contributed by atoms with Gasteiger partial charge in [-0.15, -0.1) is 0 Å². The van der Waals surface area contributed by atoms with Gasteiger partial charge in [0.1, 0.15) is 23.4 Å². The molecule has 1 atom stereocenters. The van der Waals surface area contributed by atoms with Crippen LogP contribution in [-0.2, 0) is 18.9 Å². The lowest BCUT2D eigenvalue weighted by atomic mass is 9.78. The fraction of sp³-hybridized carbons (Fsp3) is 0.296. The molecule has 1 aromatic carbocycles. The van der Waals surface area contributed by atoms with E-state index in [0.29, 0.717) is 29.1 Å². The Kier molecular flexibility index (Phi) is 8.22. The monoisotopic (exact) mass is 488 g/mol. The van der Waals surface area contributed by atoms with Crippen molar-refractivity contribution >= 4 is 24.5 Å². The fourth-order valence-electron chi connectivity index (χ4n) is 3.86. The minimum absolute atomic E-state index is 0.0245. The minimum Gasteiger partial charge on any atom is -0.494 e. The third kappa shape index (κ3) is 6.85. The van der Waals surface area contributed by atoms with Gasteiger partial charge in [-0.3, -0.25) is 19.5 Å². The molecule has 0 N–H and O–H groups in total. The molecule has 186 valence electrons. The molecule has 1 aromatic heterocycles. The lowest BCUT2D eigenvalue weighted by molar-refractivity contribution is -0.145. The first-order valence-electron chi connectivity index (χ1n) is 11.9. The molecule has 36 heavy (non-hydrogen) atoms. The summed E-state index contributed by atoms with van der Waals surface area (Å²) in [6, 6.07) is 10.8. The summed E-state index contributed by atoms with van der Waals surface area (Å²) in [6.45, 7) is 6.17. The predicted molar refractivity (Wildman–Crippen MR) is 136 cm³/mol. The molecule has 0 unspecified atom stereocenters. The molecule has 2 aromatic rings. The van der Waals surface area contributed by atoms with Crippen LogP contribution in [0.3, 0.4) is 0 Å². The first-order valence-corrected chi connectivity index (χ1v) is 11.9. The van der Waals surface area contributed by atoms with Crippen LogP contribution in [0.2, 0.25) is 0 Å². The highest BCUT2D eigenvalue weighted by atomic mass is 16.6. The van der Waals surface area contributed by atoms with Crippen LogP contribution in [0.4, 0.5) is 0 Å². The van der Waals surface area contributed by atoms with E-state index in [1.807, 2.05) is 37.3 Å². The maximum Gasteiger partial charge on any atom is 0.636 e. The third-order valence-electron chi connectivity index (χ3n) is 5.81. The molecular weight excluding hydrogens is 459 g/mol. The van der Waals surface area contributed by atoms with E-state index in [2.05, 4.69) is 11.6 Å². The number of hydrogen-bond donors (Lipinski definition) is 0. The normalized spacial score (nSPS) is 20.5. The maximum absolute atomic E-state index is 12.0. The molecule has 2 aliphatic rings. The Morgan fingerprint density at radius 1 is 1.11 bits per heavy atom. The predicted octanol–water partition coefficient (Wildman–Crippen LogP) is 3.12. The zero-order valence-electron chi connectivity index (χ0n) is 20.5. The maximum atomic E-state index is 12.0. The van der Waals surface area contributed by atoms with Gasteiger partial charge in [0, 0.05) is 18.1 Å². The number of hydrogen-bond acceptors (Lipinski definition) is 8.